The summed E-state index contributed by atoms with van der Waals surface area (Å²) in [5.41, 5.74) is 0. The van der Waals surface area contributed by atoms with Gasteiger partial charge >= 0.3 is 5.97 Å². The van der Waals surface area contributed by atoms with Crippen LogP contribution in [0, 0.1) is 0 Å². The molecule has 0 fully saturated rings. The number of thioether (sulfide) groups is 1. The summed E-state index contributed by atoms with van der Waals surface area (Å²) in [7, 11) is 0. The van der Waals surface area contributed by atoms with Gasteiger partial charge in [0.15, 0.2) is 0 Å². The molecule has 4 nitrogen and oxygen atoms in total. The van der Waals surface area contributed by atoms with Gasteiger partial charge in [0.2, 0.25) is 5.91 Å². The highest BCUT2D eigenvalue weighted by Gasteiger charge is 2.03. The van der Waals surface area contributed by atoms with Crippen molar-refractivity contribution >= 4 is 46.6 Å². The molecular formula is C14H20ClNO3S2. The Balaban J connectivity index is 1.93. The Hall–Kier alpha value is -0.720. The van der Waals surface area contributed by atoms with Gasteiger partial charge in [0, 0.05) is 23.6 Å². The molecule has 0 radical (unpaired) electrons. The predicted octanol–water partition coefficient (Wildman–Crippen LogP) is 3.79. The molecule has 1 rings (SSSR count). The SMILES string of the molecule is O=C(O)CCCCCCNC(=O)CSCc1ccc(Cl)s1. The van der Waals surface area contributed by atoms with Crippen LogP contribution in [-0.2, 0) is 15.3 Å². The number of unbranched alkanes of at least 4 members (excludes halogenated alkanes) is 3. The van der Waals surface area contributed by atoms with E-state index in [2.05, 4.69) is 5.32 Å². The van der Waals surface area contributed by atoms with Gasteiger partial charge in [0.25, 0.3) is 0 Å². The first kappa shape index (κ1) is 18.3. The number of carbonyl (C=O) groups excluding carboxylic acids is 1. The van der Waals surface area contributed by atoms with Crippen LogP contribution in [0.1, 0.15) is 37.0 Å². The predicted molar refractivity (Wildman–Crippen MR) is 89.2 cm³/mol. The van der Waals surface area contributed by atoms with Crippen molar-refractivity contribution in [3.63, 3.8) is 0 Å². The van der Waals surface area contributed by atoms with Crippen LogP contribution in [0.4, 0.5) is 0 Å². The van der Waals surface area contributed by atoms with Crippen LogP contribution in [0.5, 0.6) is 0 Å². The average Bonchev–Trinajstić information content (AvgIpc) is 2.83. The molecule has 0 atom stereocenters. The van der Waals surface area contributed by atoms with E-state index in [0.29, 0.717) is 18.7 Å². The number of hydrogen-bond donors (Lipinski definition) is 2. The standard InChI is InChI=1S/C14H20ClNO3S2/c15-12-7-6-11(21-12)9-20-10-13(17)16-8-4-2-1-3-5-14(18)19/h6-7H,1-5,8-10H2,(H,16,17)(H,18,19). The van der Waals surface area contributed by atoms with Crippen LogP contribution in [0.25, 0.3) is 0 Å². The van der Waals surface area contributed by atoms with Gasteiger partial charge in [-0.1, -0.05) is 24.4 Å². The molecule has 1 amide bonds. The third-order valence-electron chi connectivity index (χ3n) is 2.75. The molecule has 0 bridgehead atoms. The largest absolute Gasteiger partial charge is 0.481 e. The number of halogens is 1. The molecule has 0 aliphatic heterocycles. The summed E-state index contributed by atoms with van der Waals surface area (Å²) in [6, 6.07) is 3.85. The molecular weight excluding hydrogens is 330 g/mol. The average molecular weight is 350 g/mol. The summed E-state index contributed by atoms with van der Waals surface area (Å²) in [4.78, 5) is 23.1. The highest BCUT2D eigenvalue weighted by atomic mass is 35.5. The van der Waals surface area contributed by atoms with Crippen molar-refractivity contribution in [1.29, 1.82) is 0 Å². The first-order valence-corrected chi connectivity index (χ1v) is 9.23. The van der Waals surface area contributed by atoms with E-state index in [1.54, 1.807) is 23.1 Å². The smallest absolute Gasteiger partial charge is 0.303 e. The van der Waals surface area contributed by atoms with Gasteiger partial charge in [-0.3, -0.25) is 9.59 Å². The van der Waals surface area contributed by atoms with E-state index in [1.807, 2.05) is 12.1 Å². The lowest BCUT2D eigenvalue weighted by Crippen LogP contribution is -2.26. The Kier molecular flexibility index (Phi) is 9.54. The second-order valence-electron chi connectivity index (χ2n) is 4.61. The van der Waals surface area contributed by atoms with Gasteiger partial charge in [-0.25, -0.2) is 0 Å². The van der Waals surface area contributed by atoms with E-state index in [-0.39, 0.29) is 12.3 Å². The Morgan fingerprint density at radius 1 is 1.24 bits per heavy atom. The van der Waals surface area contributed by atoms with Crippen LogP contribution >= 0.6 is 34.7 Å². The zero-order chi connectivity index (χ0) is 15.5. The minimum atomic E-state index is -0.743. The van der Waals surface area contributed by atoms with Gasteiger partial charge in [-0.05, 0) is 25.0 Å². The molecule has 2 N–H and O–H groups in total. The van der Waals surface area contributed by atoms with Gasteiger partial charge in [0.1, 0.15) is 0 Å². The Labute approximate surface area is 138 Å². The molecule has 0 aromatic carbocycles. The van der Waals surface area contributed by atoms with E-state index in [0.717, 1.165) is 29.4 Å². The van der Waals surface area contributed by atoms with Crippen molar-refractivity contribution in [1.82, 2.24) is 5.32 Å². The van der Waals surface area contributed by atoms with Crippen LogP contribution < -0.4 is 5.32 Å². The van der Waals surface area contributed by atoms with Crippen LogP contribution in [0.3, 0.4) is 0 Å². The Bertz CT molecular complexity index is 451. The lowest BCUT2D eigenvalue weighted by molar-refractivity contribution is -0.137. The van der Waals surface area contributed by atoms with E-state index >= 15 is 0 Å². The fourth-order valence-electron chi connectivity index (χ4n) is 1.71. The molecule has 0 unspecified atom stereocenters. The van der Waals surface area contributed by atoms with Crippen molar-refractivity contribution in [3.05, 3.63) is 21.3 Å². The fraction of sp³-hybridized carbons (Fsp3) is 0.571. The first-order chi connectivity index (χ1) is 10.1. The van der Waals surface area contributed by atoms with Gasteiger partial charge < -0.3 is 10.4 Å². The normalized spacial score (nSPS) is 10.5. The number of amides is 1. The van der Waals surface area contributed by atoms with Gasteiger partial charge in [0.05, 0.1) is 10.1 Å². The molecule has 7 heteroatoms. The molecule has 1 aromatic rings. The molecule has 0 saturated heterocycles. The zero-order valence-electron chi connectivity index (χ0n) is 11.8. The topological polar surface area (TPSA) is 66.4 Å². The maximum atomic E-state index is 11.6. The molecule has 118 valence electrons. The monoisotopic (exact) mass is 349 g/mol. The van der Waals surface area contributed by atoms with E-state index in [9.17, 15) is 9.59 Å². The summed E-state index contributed by atoms with van der Waals surface area (Å²) in [6.45, 7) is 0.664. The third kappa shape index (κ3) is 9.77. The molecule has 0 aliphatic carbocycles. The van der Waals surface area contributed by atoms with Crippen LogP contribution in [0.15, 0.2) is 12.1 Å². The summed E-state index contributed by atoms with van der Waals surface area (Å²) in [5, 5.41) is 11.4. The quantitative estimate of drug-likeness (QED) is 0.596. The van der Waals surface area contributed by atoms with Crippen molar-refractivity contribution in [2.24, 2.45) is 0 Å². The number of thiophene rings is 1. The number of carbonyl (C=O) groups is 2. The van der Waals surface area contributed by atoms with E-state index < -0.39 is 5.97 Å². The Morgan fingerprint density at radius 3 is 2.67 bits per heavy atom. The zero-order valence-corrected chi connectivity index (χ0v) is 14.2. The fourth-order valence-corrected chi connectivity index (χ4v) is 3.76. The van der Waals surface area contributed by atoms with Gasteiger partial charge in [-0.15, -0.1) is 23.1 Å². The van der Waals surface area contributed by atoms with Crippen molar-refractivity contribution in [2.45, 2.75) is 37.9 Å². The number of carboxylic acid groups (broad SMARTS) is 1. The number of nitrogens with one attached hydrogen (secondary N) is 1. The molecule has 0 saturated carbocycles. The van der Waals surface area contributed by atoms with Crippen molar-refractivity contribution in [3.8, 4) is 0 Å². The van der Waals surface area contributed by atoms with Crippen molar-refractivity contribution in [2.75, 3.05) is 12.3 Å². The molecule has 0 spiro atoms. The lowest BCUT2D eigenvalue weighted by atomic mass is 10.1. The second-order valence-corrected chi connectivity index (χ2v) is 7.39. The van der Waals surface area contributed by atoms with Gasteiger partial charge in [-0.2, -0.15) is 0 Å². The first-order valence-electron chi connectivity index (χ1n) is 6.88. The summed E-state index contributed by atoms with van der Waals surface area (Å²) in [6.07, 6.45) is 3.69. The maximum absolute atomic E-state index is 11.6. The Morgan fingerprint density at radius 2 is 2.00 bits per heavy atom. The summed E-state index contributed by atoms with van der Waals surface area (Å²) >= 11 is 8.96. The third-order valence-corrected chi connectivity index (χ3v) is 5.14. The molecule has 1 heterocycles. The van der Waals surface area contributed by atoms with Crippen molar-refractivity contribution < 1.29 is 14.7 Å². The number of rotatable bonds is 11. The van der Waals surface area contributed by atoms with E-state index in [1.165, 1.54) is 4.88 Å². The van der Waals surface area contributed by atoms with E-state index in [4.69, 9.17) is 16.7 Å². The maximum Gasteiger partial charge on any atom is 0.303 e. The summed E-state index contributed by atoms with van der Waals surface area (Å²) in [5.74, 6) is 0.565. The van der Waals surface area contributed by atoms with Crippen LogP contribution in [-0.4, -0.2) is 29.3 Å². The minimum Gasteiger partial charge on any atom is -0.481 e. The number of hydrogen-bond acceptors (Lipinski definition) is 4. The highest BCUT2D eigenvalue weighted by molar-refractivity contribution is 7.99. The molecule has 0 aliphatic rings. The van der Waals surface area contributed by atoms with Crippen LogP contribution in [0.2, 0.25) is 4.34 Å². The molecule has 21 heavy (non-hydrogen) atoms. The number of aliphatic carboxylic acids is 1. The highest BCUT2D eigenvalue weighted by Crippen LogP contribution is 2.24. The lowest BCUT2D eigenvalue weighted by Gasteiger charge is -2.04. The molecule has 1 aromatic heterocycles. The number of carboxylic acids is 1. The minimum absolute atomic E-state index is 0.0492. The summed E-state index contributed by atoms with van der Waals surface area (Å²) < 4.78 is 0.776. The second kappa shape index (κ2) is 10.9.